The maximum atomic E-state index is 13.7. The molecule has 1 aliphatic rings. The quantitative estimate of drug-likeness (QED) is 0.172. The highest BCUT2D eigenvalue weighted by atomic mass is 79.9. The zero-order valence-corrected chi connectivity index (χ0v) is 23.5. The fourth-order valence-electron chi connectivity index (χ4n) is 4.46. The molecule has 9 nitrogen and oxygen atoms in total. The molecule has 0 amide bonds. The predicted octanol–water partition coefficient (Wildman–Crippen LogP) is 5.04. The summed E-state index contributed by atoms with van der Waals surface area (Å²) in [6.07, 6.45) is 1.58. The van der Waals surface area contributed by atoms with Gasteiger partial charge in [-0.2, -0.15) is 0 Å². The van der Waals surface area contributed by atoms with Crippen LogP contribution in [0.5, 0.6) is 0 Å². The number of esters is 1. The van der Waals surface area contributed by atoms with E-state index in [0.717, 1.165) is 15.6 Å². The zero-order valence-electron chi connectivity index (χ0n) is 21.1. The third-order valence-corrected chi connectivity index (χ3v) is 7.73. The van der Waals surface area contributed by atoms with Crippen molar-refractivity contribution in [2.24, 2.45) is 4.99 Å². The third-order valence-electron chi connectivity index (χ3n) is 6.22. The Bertz CT molecular complexity index is 1830. The molecule has 0 fully saturated rings. The van der Waals surface area contributed by atoms with Gasteiger partial charge in [-0.3, -0.25) is 19.5 Å². The molecular formula is C28H22BrN3O6S. The summed E-state index contributed by atoms with van der Waals surface area (Å²) in [6, 6.07) is 14.8. The van der Waals surface area contributed by atoms with Crippen LogP contribution in [0.1, 0.15) is 36.8 Å². The van der Waals surface area contributed by atoms with E-state index in [1.54, 1.807) is 51.1 Å². The zero-order chi connectivity index (χ0) is 27.8. The van der Waals surface area contributed by atoms with Crippen LogP contribution in [-0.2, 0) is 9.53 Å². The van der Waals surface area contributed by atoms with E-state index >= 15 is 0 Å². The van der Waals surface area contributed by atoms with Crippen molar-refractivity contribution in [3.05, 3.63) is 117 Å². The molecule has 39 heavy (non-hydrogen) atoms. The number of rotatable bonds is 6. The molecule has 0 spiro atoms. The van der Waals surface area contributed by atoms with Gasteiger partial charge < -0.3 is 9.15 Å². The molecule has 0 bridgehead atoms. The first-order valence-electron chi connectivity index (χ1n) is 12.0. The molecule has 0 saturated carbocycles. The van der Waals surface area contributed by atoms with Crippen molar-refractivity contribution in [1.29, 1.82) is 0 Å². The van der Waals surface area contributed by atoms with Crippen molar-refractivity contribution in [2.45, 2.75) is 26.8 Å². The lowest BCUT2D eigenvalue weighted by Crippen LogP contribution is -2.39. The van der Waals surface area contributed by atoms with E-state index < -0.39 is 16.9 Å². The van der Waals surface area contributed by atoms with Crippen molar-refractivity contribution >= 4 is 45.0 Å². The second-order valence-corrected chi connectivity index (χ2v) is 10.8. The lowest BCUT2D eigenvalue weighted by molar-refractivity contribution is -0.384. The van der Waals surface area contributed by atoms with Crippen LogP contribution < -0.4 is 14.9 Å². The number of hydrogen-bond donors (Lipinski definition) is 0. The van der Waals surface area contributed by atoms with Crippen LogP contribution >= 0.6 is 27.3 Å². The maximum Gasteiger partial charge on any atom is 0.338 e. The SMILES string of the molecule is CCOC(=O)C1=C(C)N=c2s/c(=C\c3ccc(-c4ccc(C)cc4[N+](=O)[O-])o3)c(=O)n2[C@H]1c1ccc(Br)cc1. The van der Waals surface area contributed by atoms with Gasteiger partial charge in [-0.05, 0) is 62.2 Å². The largest absolute Gasteiger partial charge is 0.463 e. The molecule has 5 rings (SSSR count). The Labute approximate surface area is 234 Å². The van der Waals surface area contributed by atoms with Crippen LogP contribution in [0, 0.1) is 17.0 Å². The first kappa shape index (κ1) is 26.5. The van der Waals surface area contributed by atoms with Gasteiger partial charge >= 0.3 is 5.97 Å². The summed E-state index contributed by atoms with van der Waals surface area (Å²) in [5.41, 5.74) is 2.20. The number of carbonyl (C=O) groups is 1. The Hall–Kier alpha value is -4.09. The molecule has 0 aliphatic carbocycles. The number of nitro groups is 1. The van der Waals surface area contributed by atoms with Gasteiger partial charge in [-0.25, -0.2) is 9.79 Å². The van der Waals surface area contributed by atoms with E-state index in [-0.39, 0.29) is 17.9 Å². The smallest absolute Gasteiger partial charge is 0.338 e. The maximum absolute atomic E-state index is 13.7. The number of ether oxygens (including phenoxy) is 1. The van der Waals surface area contributed by atoms with Gasteiger partial charge in [0.15, 0.2) is 4.80 Å². The van der Waals surface area contributed by atoms with Crippen molar-refractivity contribution in [2.75, 3.05) is 6.61 Å². The summed E-state index contributed by atoms with van der Waals surface area (Å²) in [4.78, 5) is 42.8. The summed E-state index contributed by atoms with van der Waals surface area (Å²) < 4.78 is 13.9. The van der Waals surface area contributed by atoms with E-state index in [1.165, 1.54) is 22.0 Å². The van der Waals surface area contributed by atoms with Crippen molar-refractivity contribution in [3.8, 4) is 11.3 Å². The number of benzene rings is 2. The molecule has 2 aromatic heterocycles. The van der Waals surface area contributed by atoms with E-state index in [4.69, 9.17) is 9.15 Å². The minimum atomic E-state index is -0.724. The molecule has 198 valence electrons. The minimum absolute atomic E-state index is 0.0632. The van der Waals surface area contributed by atoms with Crippen LogP contribution in [-0.4, -0.2) is 22.1 Å². The number of nitro benzene ring substituents is 1. The van der Waals surface area contributed by atoms with E-state index in [9.17, 15) is 19.7 Å². The fourth-order valence-corrected chi connectivity index (χ4v) is 5.75. The molecule has 0 radical (unpaired) electrons. The van der Waals surface area contributed by atoms with Crippen LogP contribution in [0.2, 0.25) is 0 Å². The Morgan fingerprint density at radius 3 is 2.64 bits per heavy atom. The van der Waals surface area contributed by atoms with Crippen molar-refractivity contribution in [1.82, 2.24) is 4.57 Å². The predicted molar refractivity (Wildman–Crippen MR) is 150 cm³/mol. The molecule has 0 N–H and O–H groups in total. The first-order valence-corrected chi connectivity index (χ1v) is 13.6. The van der Waals surface area contributed by atoms with Gasteiger partial charge in [0, 0.05) is 16.6 Å². The second-order valence-electron chi connectivity index (χ2n) is 8.83. The Kier molecular flexibility index (Phi) is 7.19. The normalized spacial score (nSPS) is 15.2. The second kappa shape index (κ2) is 10.6. The van der Waals surface area contributed by atoms with Gasteiger partial charge in [0.25, 0.3) is 11.2 Å². The monoisotopic (exact) mass is 607 g/mol. The lowest BCUT2D eigenvalue weighted by atomic mass is 9.96. The summed E-state index contributed by atoms with van der Waals surface area (Å²) in [5, 5.41) is 11.6. The number of furan rings is 1. The average molecular weight is 608 g/mol. The summed E-state index contributed by atoms with van der Waals surface area (Å²) in [7, 11) is 0. The summed E-state index contributed by atoms with van der Waals surface area (Å²) in [6.45, 7) is 5.41. The molecular weight excluding hydrogens is 586 g/mol. The average Bonchev–Trinajstić information content (AvgIpc) is 3.48. The van der Waals surface area contributed by atoms with Crippen molar-refractivity contribution < 1.29 is 18.9 Å². The molecule has 3 heterocycles. The number of aromatic nitrogens is 1. The molecule has 0 unspecified atom stereocenters. The van der Waals surface area contributed by atoms with Gasteiger partial charge in [-0.15, -0.1) is 0 Å². The topological polar surface area (TPSA) is 117 Å². The summed E-state index contributed by atoms with van der Waals surface area (Å²) in [5.74, 6) is 0.136. The first-order chi connectivity index (χ1) is 18.7. The van der Waals surface area contributed by atoms with Gasteiger partial charge in [0.2, 0.25) is 0 Å². The third kappa shape index (κ3) is 5.02. The minimum Gasteiger partial charge on any atom is -0.463 e. The summed E-state index contributed by atoms with van der Waals surface area (Å²) >= 11 is 4.60. The van der Waals surface area contributed by atoms with Crippen LogP contribution in [0.3, 0.4) is 0 Å². The van der Waals surface area contributed by atoms with Crippen LogP contribution in [0.4, 0.5) is 5.69 Å². The molecule has 1 atom stereocenters. The highest BCUT2D eigenvalue weighted by Gasteiger charge is 2.33. The fraction of sp³-hybridized carbons (Fsp3) is 0.179. The van der Waals surface area contributed by atoms with E-state index in [1.807, 2.05) is 24.3 Å². The number of carbonyl (C=O) groups excluding carboxylic acids is 1. The van der Waals surface area contributed by atoms with E-state index in [2.05, 4.69) is 20.9 Å². The molecule has 1 aliphatic heterocycles. The van der Waals surface area contributed by atoms with E-state index in [0.29, 0.717) is 37.7 Å². The van der Waals surface area contributed by atoms with Crippen LogP contribution in [0.25, 0.3) is 17.4 Å². The number of nitrogens with zero attached hydrogens (tertiary/aromatic N) is 3. The molecule has 11 heteroatoms. The van der Waals surface area contributed by atoms with Gasteiger partial charge in [0.1, 0.15) is 11.5 Å². The lowest BCUT2D eigenvalue weighted by Gasteiger charge is -2.24. The molecule has 0 saturated heterocycles. The number of fused-ring (bicyclic) bond motifs is 1. The molecule has 4 aromatic rings. The molecule has 2 aromatic carbocycles. The highest BCUT2D eigenvalue weighted by Crippen LogP contribution is 2.33. The Morgan fingerprint density at radius 2 is 1.95 bits per heavy atom. The highest BCUT2D eigenvalue weighted by molar-refractivity contribution is 9.10. The van der Waals surface area contributed by atoms with Gasteiger partial charge in [0.05, 0.1) is 38.9 Å². The number of aryl methyl sites for hydroxylation is 1. The Balaban J connectivity index is 1.63. The van der Waals surface area contributed by atoms with Crippen LogP contribution in [0.15, 0.2) is 84.5 Å². The van der Waals surface area contributed by atoms with Crippen molar-refractivity contribution in [3.63, 3.8) is 0 Å². The van der Waals surface area contributed by atoms with Gasteiger partial charge in [-0.1, -0.05) is 45.5 Å². The number of allylic oxidation sites excluding steroid dienone is 1. The number of halogens is 1. The Morgan fingerprint density at radius 1 is 1.21 bits per heavy atom. The standard InChI is InChI=1S/C28H22BrN3O6S/c1-4-37-27(34)24-16(3)30-28-31(25(24)17-6-8-18(29)9-7-17)26(33)23(39-28)14-19-10-12-22(38-19)20-11-5-15(2)13-21(20)32(35)36/h5-14,25H,4H2,1-3H3/b23-14-/t25-/m0/s1. The number of thiazole rings is 1. The number of hydrogen-bond acceptors (Lipinski definition) is 8.